The zero-order chi connectivity index (χ0) is 19.5. The molecular formula is C22H29N3O3. The Morgan fingerprint density at radius 1 is 1.00 bits per heavy atom. The van der Waals surface area contributed by atoms with Gasteiger partial charge in [-0.1, -0.05) is 31.4 Å². The highest BCUT2D eigenvalue weighted by molar-refractivity contribution is 6.12. The molecule has 0 unspecified atom stereocenters. The van der Waals surface area contributed by atoms with E-state index in [0.717, 1.165) is 25.7 Å². The highest BCUT2D eigenvalue weighted by Gasteiger charge is 2.40. The summed E-state index contributed by atoms with van der Waals surface area (Å²) in [4.78, 5) is 42.2. The average molecular weight is 383 g/mol. The lowest BCUT2D eigenvalue weighted by atomic mass is 9.89. The molecule has 1 saturated carbocycles. The number of carbonyl (C=O) groups excluding carboxylic acids is 3. The maximum Gasteiger partial charge on any atom is 0.256 e. The Morgan fingerprint density at radius 2 is 1.75 bits per heavy atom. The number of rotatable bonds is 4. The number of hydrogen-bond acceptors (Lipinski definition) is 3. The van der Waals surface area contributed by atoms with Crippen molar-refractivity contribution in [3.8, 4) is 0 Å². The standard InChI is InChI=1S/C22H29N3O3/c26-20(23-14-16-8-2-1-3-9-16)15-25-18-11-5-4-10-17(18)21(27)24-13-7-6-12-19(24)22(25)28/h4-5,10-11,16,19H,1-3,6-9,12-15H2,(H,23,26)/t19-/m1/s1. The first-order valence-electron chi connectivity index (χ1n) is 10.6. The summed E-state index contributed by atoms with van der Waals surface area (Å²) in [6.45, 7) is 1.25. The summed E-state index contributed by atoms with van der Waals surface area (Å²) in [6, 6.07) is 6.70. The van der Waals surface area contributed by atoms with Crippen molar-refractivity contribution in [2.75, 3.05) is 24.5 Å². The fourth-order valence-electron chi connectivity index (χ4n) is 4.79. The monoisotopic (exact) mass is 383 g/mol. The van der Waals surface area contributed by atoms with Crippen molar-refractivity contribution >= 4 is 23.4 Å². The Balaban J connectivity index is 1.52. The Morgan fingerprint density at radius 3 is 2.57 bits per heavy atom. The van der Waals surface area contributed by atoms with Crippen LogP contribution in [0.4, 0.5) is 5.69 Å². The molecule has 4 rings (SSSR count). The van der Waals surface area contributed by atoms with E-state index in [1.807, 2.05) is 12.1 Å². The van der Waals surface area contributed by atoms with Crippen molar-refractivity contribution in [1.82, 2.24) is 10.2 Å². The average Bonchev–Trinajstić information content (AvgIpc) is 2.83. The number of anilines is 1. The molecule has 2 fully saturated rings. The van der Waals surface area contributed by atoms with Crippen molar-refractivity contribution in [2.24, 2.45) is 5.92 Å². The lowest BCUT2D eigenvalue weighted by molar-refractivity contribution is -0.126. The van der Waals surface area contributed by atoms with Crippen LogP contribution in [0.25, 0.3) is 0 Å². The van der Waals surface area contributed by atoms with E-state index in [1.54, 1.807) is 17.0 Å². The Kier molecular flexibility index (Phi) is 5.64. The number of carbonyl (C=O) groups is 3. The summed E-state index contributed by atoms with van der Waals surface area (Å²) in [5.41, 5.74) is 1.07. The van der Waals surface area contributed by atoms with E-state index in [1.165, 1.54) is 24.2 Å². The number of amides is 3. The number of fused-ring (bicyclic) bond motifs is 2. The van der Waals surface area contributed by atoms with E-state index in [9.17, 15) is 14.4 Å². The molecule has 28 heavy (non-hydrogen) atoms. The molecule has 2 aliphatic heterocycles. The summed E-state index contributed by atoms with van der Waals surface area (Å²) < 4.78 is 0. The second kappa shape index (κ2) is 8.33. The summed E-state index contributed by atoms with van der Waals surface area (Å²) in [5.74, 6) is 0.162. The van der Waals surface area contributed by atoms with Crippen LogP contribution in [0.2, 0.25) is 0 Å². The van der Waals surface area contributed by atoms with Gasteiger partial charge in [0.2, 0.25) is 11.8 Å². The van der Waals surface area contributed by atoms with E-state index in [2.05, 4.69) is 5.32 Å². The molecule has 6 heteroatoms. The smallest absolute Gasteiger partial charge is 0.256 e. The van der Waals surface area contributed by atoms with Gasteiger partial charge >= 0.3 is 0 Å². The van der Waals surface area contributed by atoms with Crippen LogP contribution in [0.3, 0.4) is 0 Å². The topological polar surface area (TPSA) is 69.7 Å². The second-order valence-corrected chi connectivity index (χ2v) is 8.26. The van der Waals surface area contributed by atoms with Gasteiger partial charge in [0, 0.05) is 13.1 Å². The first kappa shape index (κ1) is 19.0. The highest BCUT2D eigenvalue weighted by atomic mass is 16.2. The third kappa shape index (κ3) is 3.77. The quantitative estimate of drug-likeness (QED) is 0.869. The number of nitrogens with one attached hydrogen (secondary N) is 1. The van der Waals surface area contributed by atoms with Gasteiger partial charge in [-0.05, 0) is 50.2 Å². The van der Waals surface area contributed by atoms with Crippen LogP contribution in [-0.2, 0) is 9.59 Å². The number of nitrogens with zero attached hydrogens (tertiary/aromatic N) is 2. The minimum Gasteiger partial charge on any atom is -0.354 e. The molecule has 1 aromatic carbocycles. The molecule has 1 aliphatic carbocycles. The van der Waals surface area contributed by atoms with Crippen LogP contribution in [0.5, 0.6) is 0 Å². The van der Waals surface area contributed by atoms with Crippen molar-refractivity contribution in [3.63, 3.8) is 0 Å². The minimum atomic E-state index is -0.459. The SMILES string of the molecule is O=C(CN1C(=O)[C@H]2CCCCN2C(=O)c2ccccc21)NCC1CCCCC1. The predicted molar refractivity (Wildman–Crippen MR) is 107 cm³/mol. The largest absolute Gasteiger partial charge is 0.354 e. The van der Waals surface area contributed by atoms with Gasteiger partial charge in [-0.3, -0.25) is 14.4 Å². The fraction of sp³-hybridized carbons (Fsp3) is 0.591. The number of para-hydroxylation sites is 1. The van der Waals surface area contributed by atoms with Gasteiger partial charge in [-0.15, -0.1) is 0 Å². The van der Waals surface area contributed by atoms with E-state index in [0.29, 0.717) is 36.7 Å². The molecule has 0 radical (unpaired) electrons. The molecule has 150 valence electrons. The van der Waals surface area contributed by atoms with Gasteiger partial charge in [0.25, 0.3) is 5.91 Å². The molecule has 1 saturated heterocycles. The number of piperidine rings is 1. The van der Waals surface area contributed by atoms with Crippen LogP contribution in [0.1, 0.15) is 61.7 Å². The second-order valence-electron chi connectivity index (χ2n) is 8.26. The summed E-state index contributed by atoms with van der Waals surface area (Å²) in [7, 11) is 0. The molecule has 6 nitrogen and oxygen atoms in total. The summed E-state index contributed by atoms with van der Waals surface area (Å²) in [6.07, 6.45) is 8.59. The van der Waals surface area contributed by atoms with Gasteiger partial charge in [0.15, 0.2) is 0 Å². The Labute approximate surface area is 166 Å². The summed E-state index contributed by atoms with van der Waals surface area (Å²) in [5, 5.41) is 3.02. The lowest BCUT2D eigenvalue weighted by Crippen LogP contribution is -2.52. The molecule has 1 N–H and O–H groups in total. The van der Waals surface area contributed by atoms with Crippen LogP contribution >= 0.6 is 0 Å². The van der Waals surface area contributed by atoms with Crippen molar-refractivity contribution < 1.29 is 14.4 Å². The molecule has 1 atom stereocenters. The first-order valence-corrected chi connectivity index (χ1v) is 10.6. The molecule has 1 aromatic rings. The van der Waals surface area contributed by atoms with Crippen molar-refractivity contribution in [3.05, 3.63) is 29.8 Å². The fourth-order valence-corrected chi connectivity index (χ4v) is 4.79. The minimum absolute atomic E-state index is 0.0276. The number of hydrogen-bond donors (Lipinski definition) is 1. The van der Waals surface area contributed by atoms with E-state index >= 15 is 0 Å². The van der Waals surface area contributed by atoms with Gasteiger partial charge in [0.1, 0.15) is 12.6 Å². The van der Waals surface area contributed by atoms with E-state index in [4.69, 9.17) is 0 Å². The molecule has 3 amide bonds. The third-order valence-corrected chi connectivity index (χ3v) is 6.35. The van der Waals surface area contributed by atoms with Gasteiger partial charge in [0.05, 0.1) is 11.3 Å². The molecule has 0 spiro atoms. The maximum absolute atomic E-state index is 13.3. The van der Waals surface area contributed by atoms with Gasteiger partial charge < -0.3 is 15.1 Å². The molecule has 0 aromatic heterocycles. The zero-order valence-electron chi connectivity index (χ0n) is 16.4. The summed E-state index contributed by atoms with van der Waals surface area (Å²) >= 11 is 0. The Bertz CT molecular complexity index is 757. The van der Waals surface area contributed by atoms with Crippen LogP contribution in [0, 0.1) is 5.92 Å². The molecular weight excluding hydrogens is 354 g/mol. The molecule has 0 bridgehead atoms. The van der Waals surface area contributed by atoms with Crippen LogP contribution < -0.4 is 10.2 Å². The number of benzene rings is 1. The third-order valence-electron chi connectivity index (χ3n) is 6.35. The molecule has 3 aliphatic rings. The lowest BCUT2D eigenvalue weighted by Gasteiger charge is -2.34. The van der Waals surface area contributed by atoms with Crippen LogP contribution in [-0.4, -0.2) is 48.3 Å². The maximum atomic E-state index is 13.3. The molecule has 2 heterocycles. The van der Waals surface area contributed by atoms with Crippen molar-refractivity contribution in [2.45, 2.75) is 57.4 Å². The zero-order valence-corrected chi connectivity index (χ0v) is 16.4. The highest BCUT2D eigenvalue weighted by Crippen LogP contribution is 2.31. The van der Waals surface area contributed by atoms with E-state index in [-0.39, 0.29) is 24.3 Å². The first-order chi connectivity index (χ1) is 13.6. The van der Waals surface area contributed by atoms with Gasteiger partial charge in [-0.25, -0.2) is 0 Å². The Hall–Kier alpha value is -2.37. The van der Waals surface area contributed by atoms with Gasteiger partial charge in [-0.2, -0.15) is 0 Å². The van der Waals surface area contributed by atoms with E-state index < -0.39 is 6.04 Å². The van der Waals surface area contributed by atoms with Crippen LogP contribution in [0.15, 0.2) is 24.3 Å². The predicted octanol–water partition coefficient (Wildman–Crippen LogP) is 2.72. The normalized spacial score (nSPS) is 23.1. The van der Waals surface area contributed by atoms with Crippen molar-refractivity contribution in [1.29, 1.82) is 0 Å².